The van der Waals surface area contributed by atoms with E-state index < -0.39 is 28.4 Å². The number of aliphatic hydroxyl groups is 1. The Kier molecular flexibility index (Phi) is 4.61. The molecule has 0 spiro atoms. The number of rotatable bonds is 5. The highest BCUT2D eigenvalue weighted by Crippen LogP contribution is 2.20. The smallest absolute Gasteiger partial charge is 0.282 e. The molecule has 0 saturated carbocycles. The van der Waals surface area contributed by atoms with Crippen LogP contribution in [-0.2, 0) is 0 Å². The molecule has 21 heavy (non-hydrogen) atoms. The highest BCUT2D eigenvalue weighted by molar-refractivity contribution is 7.07. The van der Waals surface area contributed by atoms with E-state index >= 15 is 0 Å². The SMILES string of the molecule is O=C(NCC(O)c1ccsc1)c1cc(F)ccc1[N+](=O)[O-]. The summed E-state index contributed by atoms with van der Waals surface area (Å²) in [5.41, 5.74) is -0.231. The van der Waals surface area contributed by atoms with Crippen LogP contribution in [0.2, 0.25) is 0 Å². The summed E-state index contributed by atoms with van der Waals surface area (Å²) in [5, 5.41) is 26.5. The fourth-order valence-electron chi connectivity index (χ4n) is 1.72. The van der Waals surface area contributed by atoms with Crippen LogP contribution in [0.1, 0.15) is 22.0 Å². The molecular formula is C13H11FN2O4S. The maximum atomic E-state index is 13.1. The van der Waals surface area contributed by atoms with Crippen LogP contribution in [0, 0.1) is 15.9 Å². The van der Waals surface area contributed by atoms with E-state index in [0.29, 0.717) is 5.56 Å². The summed E-state index contributed by atoms with van der Waals surface area (Å²) >= 11 is 1.40. The van der Waals surface area contributed by atoms with Gasteiger partial charge in [0.25, 0.3) is 11.6 Å². The number of nitro benzene ring substituents is 1. The second-order valence-corrected chi connectivity index (χ2v) is 4.98. The Morgan fingerprint density at radius 2 is 2.24 bits per heavy atom. The van der Waals surface area contributed by atoms with Crippen molar-refractivity contribution in [1.29, 1.82) is 0 Å². The van der Waals surface area contributed by atoms with E-state index in [9.17, 15) is 24.4 Å². The number of carbonyl (C=O) groups is 1. The van der Waals surface area contributed by atoms with Crippen LogP contribution in [-0.4, -0.2) is 22.5 Å². The molecule has 0 fully saturated rings. The van der Waals surface area contributed by atoms with Crippen LogP contribution >= 0.6 is 11.3 Å². The molecule has 2 N–H and O–H groups in total. The molecule has 0 bridgehead atoms. The maximum absolute atomic E-state index is 13.1. The lowest BCUT2D eigenvalue weighted by molar-refractivity contribution is -0.385. The van der Waals surface area contributed by atoms with Crippen molar-refractivity contribution in [1.82, 2.24) is 5.32 Å². The van der Waals surface area contributed by atoms with Crippen LogP contribution in [0.25, 0.3) is 0 Å². The molecule has 1 aromatic carbocycles. The molecular weight excluding hydrogens is 299 g/mol. The first kappa shape index (κ1) is 15.1. The minimum atomic E-state index is -0.923. The number of hydrogen-bond donors (Lipinski definition) is 2. The van der Waals surface area contributed by atoms with E-state index in [1.807, 2.05) is 0 Å². The molecule has 0 aliphatic carbocycles. The Hall–Kier alpha value is -2.32. The first-order valence-corrected chi connectivity index (χ1v) is 6.85. The summed E-state index contributed by atoms with van der Waals surface area (Å²) in [7, 11) is 0. The van der Waals surface area contributed by atoms with E-state index in [2.05, 4.69) is 5.32 Å². The fraction of sp³-hybridized carbons (Fsp3) is 0.154. The first-order chi connectivity index (χ1) is 9.99. The number of nitro groups is 1. The second-order valence-electron chi connectivity index (χ2n) is 4.20. The number of nitrogens with zero attached hydrogens (tertiary/aromatic N) is 1. The molecule has 1 atom stereocenters. The lowest BCUT2D eigenvalue weighted by atomic mass is 10.1. The Bertz CT molecular complexity index is 660. The van der Waals surface area contributed by atoms with Gasteiger partial charge in [-0.1, -0.05) is 0 Å². The number of carbonyl (C=O) groups excluding carboxylic acids is 1. The van der Waals surface area contributed by atoms with Crippen molar-refractivity contribution in [2.75, 3.05) is 6.54 Å². The van der Waals surface area contributed by atoms with Gasteiger partial charge in [0, 0.05) is 12.6 Å². The van der Waals surface area contributed by atoms with Crippen molar-refractivity contribution in [2.45, 2.75) is 6.10 Å². The molecule has 110 valence electrons. The number of thiophene rings is 1. The minimum Gasteiger partial charge on any atom is -0.387 e. The number of nitrogens with one attached hydrogen (secondary N) is 1. The van der Waals surface area contributed by atoms with Gasteiger partial charge >= 0.3 is 0 Å². The average molecular weight is 310 g/mol. The molecule has 0 radical (unpaired) electrons. The largest absolute Gasteiger partial charge is 0.387 e. The van der Waals surface area contributed by atoms with Gasteiger partial charge in [0.15, 0.2) is 0 Å². The van der Waals surface area contributed by atoms with Gasteiger partial charge in [0.05, 0.1) is 11.0 Å². The summed E-state index contributed by atoms with van der Waals surface area (Å²) in [4.78, 5) is 22.0. The maximum Gasteiger partial charge on any atom is 0.282 e. The van der Waals surface area contributed by atoms with Gasteiger partial charge in [-0.05, 0) is 34.5 Å². The summed E-state index contributed by atoms with van der Waals surface area (Å²) < 4.78 is 13.1. The first-order valence-electron chi connectivity index (χ1n) is 5.91. The van der Waals surface area contributed by atoms with Crippen LogP contribution in [0.15, 0.2) is 35.0 Å². The van der Waals surface area contributed by atoms with Crippen molar-refractivity contribution in [3.63, 3.8) is 0 Å². The average Bonchev–Trinajstić information content (AvgIpc) is 2.98. The molecule has 0 aliphatic heterocycles. The zero-order valence-corrected chi connectivity index (χ0v) is 11.5. The summed E-state index contributed by atoms with van der Waals surface area (Å²) in [5.74, 6) is -1.56. The standard InChI is InChI=1S/C13H11FN2O4S/c14-9-1-2-11(16(19)20)10(5-9)13(18)15-6-12(17)8-3-4-21-7-8/h1-5,7,12,17H,6H2,(H,15,18). The Labute approximate surface area is 123 Å². The molecule has 0 aliphatic rings. The Morgan fingerprint density at radius 3 is 2.86 bits per heavy atom. The van der Waals surface area contributed by atoms with Gasteiger partial charge in [0.2, 0.25) is 0 Å². The molecule has 1 amide bonds. The van der Waals surface area contributed by atoms with E-state index in [-0.39, 0.29) is 12.1 Å². The number of halogens is 1. The number of aliphatic hydroxyl groups excluding tert-OH is 1. The monoisotopic (exact) mass is 310 g/mol. The van der Waals surface area contributed by atoms with E-state index in [1.54, 1.807) is 16.8 Å². The van der Waals surface area contributed by atoms with E-state index in [1.165, 1.54) is 11.3 Å². The Morgan fingerprint density at radius 1 is 1.48 bits per heavy atom. The van der Waals surface area contributed by atoms with Gasteiger partial charge in [-0.25, -0.2) is 4.39 Å². The van der Waals surface area contributed by atoms with Crippen LogP contribution in [0.5, 0.6) is 0 Å². The molecule has 1 aromatic heterocycles. The third-order valence-electron chi connectivity index (χ3n) is 2.78. The van der Waals surface area contributed by atoms with Gasteiger partial charge in [-0.3, -0.25) is 14.9 Å². The molecule has 2 rings (SSSR count). The van der Waals surface area contributed by atoms with Crippen LogP contribution < -0.4 is 5.32 Å². The van der Waals surface area contributed by atoms with Gasteiger partial charge in [0.1, 0.15) is 11.4 Å². The fourth-order valence-corrected chi connectivity index (χ4v) is 2.42. The van der Waals surface area contributed by atoms with Crippen LogP contribution in [0.3, 0.4) is 0 Å². The van der Waals surface area contributed by atoms with Crippen molar-refractivity contribution >= 4 is 22.9 Å². The minimum absolute atomic E-state index is 0.122. The predicted molar refractivity (Wildman–Crippen MR) is 74.7 cm³/mol. The molecule has 1 heterocycles. The zero-order chi connectivity index (χ0) is 15.4. The van der Waals surface area contributed by atoms with Crippen LogP contribution in [0.4, 0.5) is 10.1 Å². The molecule has 0 saturated heterocycles. The van der Waals surface area contributed by atoms with E-state index in [0.717, 1.165) is 18.2 Å². The quantitative estimate of drug-likeness (QED) is 0.654. The van der Waals surface area contributed by atoms with Crippen molar-refractivity contribution in [2.24, 2.45) is 0 Å². The molecule has 8 heteroatoms. The predicted octanol–water partition coefficient (Wildman–Crippen LogP) is 2.26. The summed E-state index contributed by atoms with van der Waals surface area (Å²) in [6.45, 7) is -0.122. The summed E-state index contributed by atoms with van der Waals surface area (Å²) in [6, 6.07) is 4.34. The summed E-state index contributed by atoms with van der Waals surface area (Å²) in [6.07, 6.45) is -0.923. The van der Waals surface area contributed by atoms with Crippen molar-refractivity contribution in [3.8, 4) is 0 Å². The normalized spacial score (nSPS) is 11.9. The van der Waals surface area contributed by atoms with Gasteiger partial charge in [-0.2, -0.15) is 11.3 Å². The highest BCUT2D eigenvalue weighted by Gasteiger charge is 2.21. The molecule has 2 aromatic rings. The highest BCUT2D eigenvalue weighted by atomic mass is 32.1. The van der Waals surface area contributed by atoms with Gasteiger partial charge < -0.3 is 10.4 Å². The molecule has 1 unspecified atom stereocenters. The van der Waals surface area contributed by atoms with Crippen molar-refractivity contribution < 1.29 is 19.2 Å². The second kappa shape index (κ2) is 6.42. The number of benzene rings is 1. The topological polar surface area (TPSA) is 92.5 Å². The number of amides is 1. The number of hydrogen-bond acceptors (Lipinski definition) is 5. The Balaban J connectivity index is 2.10. The third-order valence-corrected chi connectivity index (χ3v) is 3.49. The zero-order valence-electron chi connectivity index (χ0n) is 10.7. The lowest BCUT2D eigenvalue weighted by Gasteiger charge is -2.10. The van der Waals surface area contributed by atoms with Crippen molar-refractivity contribution in [3.05, 3.63) is 62.1 Å². The lowest BCUT2D eigenvalue weighted by Crippen LogP contribution is -2.28. The van der Waals surface area contributed by atoms with E-state index in [4.69, 9.17) is 0 Å². The van der Waals surface area contributed by atoms with Gasteiger partial charge in [-0.15, -0.1) is 0 Å². The molecule has 6 nitrogen and oxygen atoms in total. The third kappa shape index (κ3) is 3.61.